The van der Waals surface area contributed by atoms with Crippen LogP contribution < -0.4 is 0 Å². The Balaban J connectivity index is 0.943. The zero-order valence-corrected chi connectivity index (χ0v) is 47.7. The van der Waals surface area contributed by atoms with Gasteiger partial charge < -0.3 is 18.3 Å². The number of hydrogen-bond acceptors (Lipinski definition) is 2. The largest absolute Gasteiger partial charge is 0.309 e. The predicted molar refractivity (Wildman–Crippen MR) is 361 cm³/mol. The lowest BCUT2D eigenvalue weighted by molar-refractivity contribution is 0.591. The van der Waals surface area contributed by atoms with Crippen molar-refractivity contribution < 1.29 is 0 Å². The molecule has 6 nitrogen and oxygen atoms in total. The van der Waals surface area contributed by atoms with E-state index in [1.54, 1.807) is 0 Å². The average Bonchev–Trinajstić information content (AvgIpc) is 1.62. The Morgan fingerprint density at radius 1 is 0.256 bits per heavy atom. The number of para-hydroxylation sites is 6. The molecular weight excluding hydrogens is 1040 g/mol. The highest BCUT2D eigenvalue weighted by Gasteiger charge is 2.23. The van der Waals surface area contributed by atoms with Gasteiger partial charge in [-0.25, -0.2) is 9.97 Å². The van der Waals surface area contributed by atoms with Gasteiger partial charge in [-0.1, -0.05) is 203 Å². The SMILES string of the molecule is CC(C)(C)c1ccc2cc(-c3nc(-c4cc(-n5c6ccccc6c6ccc(-n7c8ccccc8c8ccccc87)cc65)cc(-n5c6ccccc6c6ccc(-n7c8ccccc8c8ccccc87)cc65)c4)nc4c3ccc3ccccc34)ccc2c1. The molecule has 86 heavy (non-hydrogen) atoms. The lowest BCUT2D eigenvalue weighted by atomic mass is 9.85. The highest BCUT2D eigenvalue weighted by atomic mass is 15.0. The van der Waals surface area contributed by atoms with E-state index in [-0.39, 0.29) is 5.41 Å². The molecule has 0 aliphatic rings. The molecule has 0 N–H and O–H groups in total. The molecule has 13 aromatic carbocycles. The third-order valence-corrected chi connectivity index (χ3v) is 18.2. The molecule has 0 radical (unpaired) electrons. The predicted octanol–water partition coefficient (Wildman–Crippen LogP) is 21.0. The summed E-state index contributed by atoms with van der Waals surface area (Å²) in [6.45, 7) is 6.83. The van der Waals surface area contributed by atoms with E-state index in [1.807, 2.05) is 0 Å². The smallest absolute Gasteiger partial charge is 0.160 e. The molecule has 0 aliphatic carbocycles. The van der Waals surface area contributed by atoms with Crippen molar-refractivity contribution in [3.8, 4) is 45.4 Å². The van der Waals surface area contributed by atoms with Gasteiger partial charge in [0.05, 0.1) is 55.3 Å². The molecule has 5 aromatic heterocycles. The first kappa shape index (κ1) is 48.5. The van der Waals surface area contributed by atoms with Crippen LogP contribution >= 0.6 is 0 Å². The molecule has 0 unspecified atom stereocenters. The second-order valence-corrected chi connectivity index (χ2v) is 24.2. The van der Waals surface area contributed by atoms with Crippen LogP contribution in [0.3, 0.4) is 0 Å². The molecule has 0 amide bonds. The van der Waals surface area contributed by atoms with Crippen LogP contribution in [0.1, 0.15) is 26.3 Å². The molecule has 5 heterocycles. The van der Waals surface area contributed by atoms with Crippen LogP contribution in [0.4, 0.5) is 0 Å². The zero-order chi connectivity index (χ0) is 56.9. The number of rotatable bonds is 6. The van der Waals surface area contributed by atoms with E-state index in [0.29, 0.717) is 5.82 Å². The van der Waals surface area contributed by atoms with Crippen LogP contribution in [-0.2, 0) is 5.41 Å². The Labute approximate surface area is 495 Å². The Morgan fingerprint density at radius 2 is 0.640 bits per heavy atom. The van der Waals surface area contributed by atoms with Gasteiger partial charge in [-0.3, -0.25) is 0 Å². The summed E-state index contributed by atoms with van der Waals surface area (Å²) in [4.78, 5) is 11.5. The third-order valence-electron chi connectivity index (χ3n) is 18.2. The number of aromatic nitrogens is 6. The van der Waals surface area contributed by atoms with Gasteiger partial charge in [0, 0.05) is 87.7 Å². The molecule has 404 valence electrons. The first-order chi connectivity index (χ1) is 42.3. The average molecular weight is 1100 g/mol. The van der Waals surface area contributed by atoms with Gasteiger partial charge in [-0.05, 0) is 118 Å². The minimum absolute atomic E-state index is 0.0286. The second-order valence-electron chi connectivity index (χ2n) is 24.2. The molecule has 0 atom stereocenters. The second kappa shape index (κ2) is 18.2. The molecule has 18 aromatic rings. The molecule has 0 saturated carbocycles. The van der Waals surface area contributed by atoms with Crippen molar-refractivity contribution in [1.82, 2.24) is 28.2 Å². The van der Waals surface area contributed by atoms with Crippen molar-refractivity contribution in [3.05, 3.63) is 279 Å². The molecule has 0 bridgehead atoms. The minimum atomic E-state index is 0.0286. The van der Waals surface area contributed by atoms with Crippen LogP contribution in [0.5, 0.6) is 0 Å². The lowest BCUT2D eigenvalue weighted by Gasteiger charge is -2.19. The van der Waals surface area contributed by atoms with E-state index in [4.69, 9.17) is 9.97 Å². The van der Waals surface area contributed by atoms with Crippen molar-refractivity contribution in [2.45, 2.75) is 26.2 Å². The number of benzene rings is 13. The number of fused-ring (bicyclic) bond motifs is 16. The van der Waals surface area contributed by atoms with Gasteiger partial charge in [0.2, 0.25) is 0 Å². The summed E-state index contributed by atoms with van der Waals surface area (Å²) in [5, 5.41) is 15.2. The molecule has 0 saturated heterocycles. The summed E-state index contributed by atoms with van der Waals surface area (Å²) in [6.07, 6.45) is 0. The maximum absolute atomic E-state index is 5.78. The number of nitrogens with zero attached hydrogens (tertiary/aromatic N) is 6. The van der Waals surface area contributed by atoms with Crippen molar-refractivity contribution in [2.24, 2.45) is 0 Å². The van der Waals surface area contributed by atoms with Gasteiger partial charge in [-0.2, -0.15) is 0 Å². The number of hydrogen-bond donors (Lipinski definition) is 0. The molecule has 0 aliphatic heterocycles. The first-order valence-corrected chi connectivity index (χ1v) is 29.7. The van der Waals surface area contributed by atoms with Gasteiger partial charge >= 0.3 is 0 Å². The summed E-state index contributed by atoms with van der Waals surface area (Å²) in [7, 11) is 0. The Morgan fingerprint density at radius 3 is 1.12 bits per heavy atom. The molecule has 18 rings (SSSR count). The Bertz CT molecular complexity index is 5540. The third kappa shape index (κ3) is 7.20. The summed E-state index contributed by atoms with van der Waals surface area (Å²) >= 11 is 0. The van der Waals surface area contributed by atoms with Crippen molar-refractivity contribution in [1.29, 1.82) is 0 Å². The lowest BCUT2D eigenvalue weighted by Crippen LogP contribution is -2.10. The van der Waals surface area contributed by atoms with Gasteiger partial charge in [0.1, 0.15) is 0 Å². The fourth-order valence-corrected chi connectivity index (χ4v) is 14.2. The normalized spacial score (nSPS) is 12.4. The quantitative estimate of drug-likeness (QED) is 0.156. The zero-order valence-electron chi connectivity index (χ0n) is 47.7. The molecule has 0 spiro atoms. The van der Waals surface area contributed by atoms with Gasteiger partial charge in [0.15, 0.2) is 5.82 Å². The maximum atomic E-state index is 5.78. The van der Waals surface area contributed by atoms with Crippen LogP contribution in [0, 0.1) is 0 Å². The van der Waals surface area contributed by atoms with Crippen molar-refractivity contribution in [3.63, 3.8) is 0 Å². The summed E-state index contributed by atoms with van der Waals surface area (Å²) in [5.41, 5.74) is 18.4. The van der Waals surface area contributed by atoms with Crippen LogP contribution in [0.2, 0.25) is 0 Å². The van der Waals surface area contributed by atoms with Gasteiger partial charge in [-0.15, -0.1) is 0 Å². The highest BCUT2D eigenvalue weighted by Crippen LogP contribution is 2.43. The van der Waals surface area contributed by atoms with E-state index in [2.05, 4.69) is 312 Å². The summed E-state index contributed by atoms with van der Waals surface area (Å²) in [5.74, 6) is 0.647. The van der Waals surface area contributed by atoms with Crippen LogP contribution in [0.25, 0.3) is 165 Å². The Kier molecular flexibility index (Phi) is 10.3. The summed E-state index contributed by atoms with van der Waals surface area (Å²) in [6, 6.07) is 101. The molecule has 0 fully saturated rings. The standard InChI is InChI=1S/C80H54N6/c1-80(2,3)54-36-34-50-42-52(33-32-51(50)43-54)77-68-39-35-49-18-4-5-19-59(49)78(68)82-79(81-77)53-44-57(85-73-30-16-10-24-64(73)66-40-37-55(47-75(66)85)83-69-26-12-6-20-60(69)61-21-7-13-27-70(61)83)46-58(45-53)86-74-31-17-11-25-65(74)67-41-38-56(48-76(67)86)84-71-28-14-8-22-62(71)63-23-9-15-29-72(63)84/h4-48H,1-3H3. The van der Waals surface area contributed by atoms with Crippen molar-refractivity contribution in [2.75, 3.05) is 0 Å². The topological polar surface area (TPSA) is 45.5 Å². The first-order valence-electron chi connectivity index (χ1n) is 29.7. The van der Waals surface area contributed by atoms with E-state index in [9.17, 15) is 0 Å². The monoisotopic (exact) mass is 1100 g/mol. The van der Waals surface area contributed by atoms with Crippen molar-refractivity contribution >= 4 is 120 Å². The molecule has 6 heteroatoms. The van der Waals surface area contributed by atoms with E-state index in [1.165, 1.54) is 81.5 Å². The van der Waals surface area contributed by atoms with E-state index < -0.39 is 0 Å². The maximum Gasteiger partial charge on any atom is 0.160 e. The Hall–Kier alpha value is -11.1. The minimum Gasteiger partial charge on any atom is -0.309 e. The highest BCUT2D eigenvalue weighted by molar-refractivity contribution is 6.15. The van der Waals surface area contributed by atoms with Crippen LogP contribution in [0.15, 0.2) is 273 Å². The molecular formula is C80H54N6. The fraction of sp³-hybridized carbons (Fsp3) is 0.0500. The van der Waals surface area contributed by atoms with E-state index in [0.717, 1.165) is 83.3 Å². The van der Waals surface area contributed by atoms with E-state index >= 15 is 0 Å². The van der Waals surface area contributed by atoms with Gasteiger partial charge in [0.25, 0.3) is 0 Å². The van der Waals surface area contributed by atoms with Crippen LogP contribution in [-0.4, -0.2) is 28.2 Å². The fourth-order valence-electron chi connectivity index (χ4n) is 14.2. The summed E-state index contributed by atoms with van der Waals surface area (Å²) < 4.78 is 9.79.